The number of hydrogen-bond donors (Lipinski definition) is 1. The number of anilines is 1. The zero-order valence-electron chi connectivity index (χ0n) is 9.48. The van der Waals surface area contributed by atoms with Crippen LogP contribution in [0.1, 0.15) is 5.56 Å². The first kappa shape index (κ1) is 11.7. The molecule has 0 amide bonds. The lowest BCUT2D eigenvalue weighted by Crippen LogP contribution is -1.97. The number of halogens is 1. The third kappa shape index (κ3) is 3.11. The van der Waals surface area contributed by atoms with Gasteiger partial charge in [-0.05, 0) is 6.07 Å². The highest BCUT2D eigenvalue weighted by atomic mass is 35.5. The van der Waals surface area contributed by atoms with Gasteiger partial charge >= 0.3 is 0 Å². The fourth-order valence-electron chi connectivity index (χ4n) is 1.41. The molecule has 3 nitrogen and oxygen atoms in total. The highest BCUT2D eigenvalue weighted by Gasteiger charge is 2.01. The molecule has 0 aliphatic heterocycles. The second-order valence-electron chi connectivity index (χ2n) is 3.54. The van der Waals surface area contributed by atoms with Crippen LogP contribution >= 0.6 is 11.6 Å². The molecule has 2 rings (SSSR count). The van der Waals surface area contributed by atoms with Gasteiger partial charge in [0, 0.05) is 23.7 Å². The largest absolute Gasteiger partial charge is 0.487 e. The first-order chi connectivity index (χ1) is 8.29. The molecule has 2 aromatic rings. The monoisotopic (exact) mass is 248 g/mol. The normalized spacial score (nSPS) is 10.0. The Balaban J connectivity index is 2.05. The quantitative estimate of drug-likeness (QED) is 0.901. The molecule has 0 radical (unpaired) electrons. The van der Waals surface area contributed by atoms with Crippen LogP contribution in [-0.4, -0.2) is 12.0 Å². The van der Waals surface area contributed by atoms with Crippen LogP contribution in [0.4, 0.5) is 5.69 Å². The Morgan fingerprint density at radius 3 is 2.88 bits per heavy atom. The van der Waals surface area contributed by atoms with E-state index in [4.69, 9.17) is 16.3 Å². The van der Waals surface area contributed by atoms with Crippen molar-refractivity contribution in [1.82, 2.24) is 4.98 Å². The molecule has 0 saturated heterocycles. The molecule has 4 heteroatoms. The van der Waals surface area contributed by atoms with Crippen molar-refractivity contribution >= 4 is 17.3 Å². The van der Waals surface area contributed by atoms with E-state index in [-0.39, 0.29) is 0 Å². The third-order valence-electron chi connectivity index (χ3n) is 2.35. The molecule has 0 unspecified atom stereocenters. The summed E-state index contributed by atoms with van der Waals surface area (Å²) in [5.41, 5.74) is 1.88. The van der Waals surface area contributed by atoms with Gasteiger partial charge in [-0.25, -0.2) is 0 Å². The highest BCUT2D eigenvalue weighted by molar-refractivity contribution is 6.31. The van der Waals surface area contributed by atoms with Crippen LogP contribution in [-0.2, 0) is 6.61 Å². The summed E-state index contributed by atoms with van der Waals surface area (Å²) >= 11 is 6.04. The number of nitrogens with one attached hydrogen (secondary N) is 1. The number of rotatable bonds is 4. The van der Waals surface area contributed by atoms with Crippen molar-refractivity contribution in [3.05, 3.63) is 53.3 Å². The lowest BCUT2D eigenvalue weighted by molar-refractivity contribution is 0.305. The van der Waals surface area contributed by atoms with Crippen molar-refractivity contribution in [1.29, 1.82) is 0 Å². The van der Waals surface area contributed by atoms with E-state index < -0.39 is 0 Å². The van der Waals surface area contributed by atoms with E-state index >= 15 is 0 Å². The van der Waals surface area contributed by atoms with Crippen molar-refractivity contribution in [3.63, 3.8) is 0 Å². The van der Waals surface area contributed by atoms with Gasteiger partial charge in [0.1, 0.15) is 12.4 Å². The van der Waals surface area contributed by atoms with Gasteiger partial charge < -0.3 is 10.1 Å². The molecule has 0 atom stereocenters. The lowest BCUT2D eigenvalue weighted by atomic mass is 10.2. The minimum Gasteiger partial charge on any atom is -0.487 e. The van der Waals surface area contributed by atoms with Gasteiger partial charge in [-0.3, -0.25) is 4.98 Å². The summed E-state index contributed by atoms with van der Waals surface area (Å²) in [7, 11) is 1.84. The summed E-state index contributed by atoms with van der Waals surface area (Å²) < 4.78 is 5.63. The zero-order valence-corrected chi connectivity index (χ0v) is 10.2. The predicted molar refractivity (Wildman–Crippen MR) is 69.6 cm³/mol. The number of ether oxygens (including phenoxy) is 1. The van der Waals surface area contributed by atoms with Gasteiger partial charge in [0.2, 0.25) is 0 Å². The molecule has 0 aliphatic carbocycles. The van der Waals surface area contributed by atoms with Crippen molar-refractivity contribution < 1.29 is 4.74 Å². The molecular weight excluding hydrogens is 236 g/mol. The van der Waals surface area contributed by atoms with Gasteiger partial charge in [-0.1, -0.05) is 29.8 Å². The number of benzene rings is 1. The van der Waals surface area contributed by atoms with E-state index in [2.05, 4.69) is 10.3 Å². The molecule has 1 N–H and O–H groups in total. The Bertz CT molecular complexity index is 502. The first-order valence-electron chi connectivity index (χ1n) is 5.28. The minimum atomic E-state index is 0.439. The van der Waals surface area contributed by atoms with E-state index in [1.165, 1.54) is 0 Å². The Hall–Kier alpha value is -1.74. The Kier molecular flexibility index (Phi) is 3.83. The van der Waals surface area contributed by atoms with Gasteiger partial charge in [-0.2, -0.15) is 0 Å². The topological polar surface area (TPSA) is 34.2 Å². The molecule has 88 valence electrons. The van der Waals surface area contributed by atoms with Crippen molar-refractivity contribution in [2.75, 3.05) is 12.4 Å². The van der Waals surface area contributed by atoms with Gasteiger partial charge in [-0.15, -0.1) is 0 Å². The average molecular weight is 249 g/mol. The van der Waals surface area contributed by atoms with E-state index in [9.17, 15) is 0 Å². The van der Waals surface area contributed by atoms with Crippen LogP contribution < -0.4 is 10.1 Å². The smallest absolute Gasteiger partial charge is 0.140 e. The average Bonchev–Trinajstić information content (AvgIpc) is 2.38. The standard InChI is InChI=1S/C13H13ClN2O/c1-15-11-6-12(8-16-7-11)17-9-10-4-2-3-5-13(10)14/h2-8,15H,9H2,1H3. The summed E-state index contributed by atoms with van der Waals surface area (Å²) in [6.45, 7) is 0.439. The summed E-state index contributed by atoms with van der Waals surface area (Å²) in [5.74, 6) is 0.719. The van der Waals surface area contributed by atoms with E-state index in [1.807, 2.05) is 37.4 Å². The second kappa shape index (κ2) is 5.55. The van der Waals surface area contributed by atoms with Crippen molar-refractivity contribution in [2.45, 2.75) is 6.61 Å². The van der Waals surface area contributed by atoms with Gasteiger partial charge in [0.05, 0.1) is 18.1 Å². The van der Waals surface area contributed by atoms with Crippen molar-refractivity contribution in [3.8, 4) is 5.75 Å². The number of hydrogen-bond acceptors (Lipinski definition) is 3. The lowest BCUT2D eigenvalue weighted by Gasteiger charge is -2.08. The van der Waals surface area contributed by atoms with E-state index in [0.29, 0.717) is 11.6 Å². The minimum absolute atomic E-state index is 0.439. The predicted octanol–water partition coefficient (Wildman–Crippen LogP) is 3.36. The maximum Gasteiger partial charge on any atom is 0.140 e. The molecule has 0 aliphatic rings. The highest BCUT2D eigenvalue weighted by Crippen LogP contribution is 2.19. The van der Waals surface area contributed by atoms with Crippen molar-refractivity contribution in [2.24, 2.45) is 0 Å². The molecule has 1 heterocycles. The molecule has 0 saturated carbocycles. The Morgan fingerprint density at radius 1 is 1.29 bits per heavy atom. The molecule has 1 aromatic heterocycles. The fourth-order valence-corrected chi connectivity index (χ4v) is 1.60. The molecule has 1 aromatic carbocycles. The number of pyridine rings is 1. The SMILES string of the molecule is CNc1cncc(OCc2ccccc2Cl)c1. The van der Waals surface area contributed by atoms with Gasteiger partial charge in [0.25, 0.3) is 0 Å². The number of nitrogens with zero attached hydrogens (tertiary/aromatic N) is 1. The molecular formula is C13H13ClN2O. The summed E-state index contributed by atoms with van der Waals surface area (Å²) in [6, 6.07) is 9.52. The summed E-state index contributed by atoms with van der Waals surface area (Å²) in [6.07, 6.45) is 3.42. The van der Waals surface area contributed by atoms with Crippen LogP contribution in [0.3, 0.4) is 0 Å². The Morgan fingerprint density at radius 2 is 2.12 bits per heavy atom. The number of aromatic nitrogens is 1. The third-order valence-corrected chi connectivity index (χ3v) is 2.72. The van der Waals surface area contributed by atoms with E-state index in [1.54, 1.807) is 12.4 Å². The van der Waals surface area contributed by atoms with Crippen LogP contribution in [0.5, 0.6) is 5.75 Å². The Labute approximate surface area is 105 Å². The van der Waals surface area contributed by atoms with Crippen LogP contribution in [0.2, 0.25) is 5.02 Å². The van der Waals surface area contributed by atoms with Crippen LogP contribution in [0.25, 0.3) is 0 Å². The first-order valence-corrected chi connectivity index (χ1v) is 5.66. The fraction of sp³-hybridized carbons (Fsp3) is 0.154. The van der Waals surface area contributed by atoms with E-state index in [0.717, 1.165) is 17.0 Å². The zero-order chi connectivity index (χ0) is 12.1. The van der Waals surface area contributed by atoms with Crippen LogP contribution in [0.15, 0.2) is 42.7 Å². The van der Waals surface area contributed by atoms with Gasteiger partial charge in [0.15, 0.2) is 0 Å². The molecule has 0 spiro atoms. The second-order valence-corrected chi connectivity index (χ2v) is 3.95. The summed E-state index contributed by atoms with van der Waals surface area (Å²) in [4.78, 5) is 4.07. The molecule has 0 bridgehead atoms. The molecule has 0 fully saturated rings. The maximum absolute atomic E-state index is 6.04. The molecule has 17 heavy (non-hydrogen) atoms. The maximum atomic E-state index is 6.04. The van der Waals surface area contributed by atoms with Crippen LogP contribution in [0, 0.1) is 0 Å². The summed E-state index contributed by atoms with van der Waals surface area (Å²) in [5, 5.41) is 3.72.